The molecule has 0 unspecified atom stereocenters. The van der Waals surface area contributed by atoms with Gasteiger partial charge in [-0.05, 0) is 49.8 Å². The number of rotatable bonds is 4. The Morgan fingerprint density at radius 2 is 1.63 bits per heavy atom. The Morgan fingerprint density at radius 3 is 2.37 bits per heavy atom. The number of nitrogens with zero attached hydrogens (tertiary/aromatic N) is 3. The van der Waals surface area contributed by atoms with Gasteiger partial charge in [-0.2, -0.15) is 0 Å². The highest BCUT2D eigenvalue weighted by molar-refractivity contribution is 5.95. The average molecular weight is 364 g/mol. The van der Waals surface area contributed by atoms with Crippen molar-refractivity contribution in [3.63, 3.8) is 0 Å². The molecule has 0 spiro atoms. The van der Waals surface area contributed by atoms with Gasteiger partial charge in [0.05, 0.1) is 0 Å². The summed E-state index contributed by atoms with van der Waals surface area (Å²) in [6, 6.07) is 8.09. The molecule has 1 amide bonds. The highest BCUT2D eigenvalue weighted by atomic mass is 16.1. The van der Waals surface area contributed by atoms with Crippen LogP contribution in [-0.2, 0) is 0 Å². The third-order valence-corrected chi connectivity index (χ3v) is 5.68. The summed E-state index contributed by atoms with van der Waals surface area (Å²) >= 11 is 0. The molecule has 5 nitrogen and oxygen atoms in total. The van der Waals surface area contributed by atoms with Crippen molar-refractivity contribution in [3.8, 4) is 11.1 Å². The van der Waals surface area contributed by atoms with Gasteiger partial charge in [0, 0.05) is 42.7 Å². The molecule has 2 aromatic rings. The minimum absolute atomic E-state index is 0.0228. The lowest BCUT2D eigenvalue weighted by Crippen LogP contribution is -2.36. The van der Waals surface area contributed by atoms with E-state index in [4.69, 9.17) is 0 Å². The van der Waals surface area contributed by atoms with Crippen molar-refractivity contribution >= 4 is 11.9 Å². The second-order valence-electron chi connectivity index (χ2n) is 7.71. The number of anilines is 1. The van der Waals surface area contributed by atoms with Crippen molar-refractivity contribution in [1.82, 2.24) is 15.3 Å². The molecule has 142 valence electrons. The van der Waals surface area contributed by atoms with E-state index in [-0.39, 0.29) is 5.91 Å². The Morgan fingerprint density at radius 1 is 0.926 bits per heavy atom. The maximum atomic E-state index is 12.6. The predicted molar refractivity (Wildman–Crippen MR) is 108 cm³/mol. The van der Waals surface area contributed by atoms with Crippen molar-refractivity contribution < 1.29 is 4.79 Å². The maximum Gasteiger partial charge on any atom is 0.251 e. The number of carbonyl (C=O) groups excluding carboxylic acids is 1. The fraction of sp³-hybridized carbons (Fsp3) is 0.500. The first-order valence-corrected chi connectivity index (χ1v) is 10.3. The van der Waals surface area contributed by atoms with Gasteiger partial charge in [0.15, 0.2) is 0 Å². The zero-order chi connectivity index (χ0) is 18.5. The van der Waals surface area contributed by atoms with Gasteiger partial charge < -0.3 is 10.2 Å². The smallest absolute Gasteiger partial charge is 0.251 e. The van der Waals surface area contributed by atoms with Crippen LogP contribution in [0, 0.1) is 0 Å². The second-order valence-corrected chi connectivity index (χ2v) is 7.71. The van der Waals surface area contributed by atoms with Crippen LogP contribution in [0.25, 0.3) is 11.1 Å². The van der Waals surface area contributed by atoms with Crippen LogP contribution < -0.4 is 10.2 Å². The molecule has 1 N–H and O–H groups in total. The molecule has 2 aliphatic rings. The standard InChI is InChI=1S/C22H28N4O/c27-21(25-20-10-3-1-4-11-20)18-9-7-8-17(14-18)19-15-23-22(24-16-19)26-12-5-2-6-13-26/h7-9,14-16,20H,1-6,10-13H2,(H,25,27). The van der Waals surface area contributed by atoms with Crippen LogP contribution in [-0.4, -0.2) is 35.0 Å². The maximum absolute atomic E-state index is 12.6. The number of hydrogen-bond acceptors (Lipinski definition) is 4. The number of piperidine rings is 1. The van der Waals surface area contributed by atoms with Gasteiger partial charge in [-0.25, -0.2) is 9.97 Å². The van der Waals surface area contributed by atoms with Gasteiger partial charge in [-0.15, -0.1) is 0 Å². The van der Waals surface area contributed by atoms with Gasteiger partial charge in [-0.3, -0.25) is 4.79 Å². The number of carbonyl (C=O) groups is 1. The van der Waals surface area contributed by atoms with Crippen molar-refractivity contribution in [2.24, 2.45) is 0 Å². The minimum atomic E-state index is 0.0228. The Labute approximate surface area is 161 Å². The van der Waals surface area contributed by atoms with Crippen LogP contribution in [0.4, 0.5) is 5.95 Å². The summed E-state index contributed by atoms with van der Waals surface area (Å²) in [7, 11) is 0. The van der Waals surface area contributed by atoms with Crippen LogP contribution in [0.5, 0.6) is 0 Å². The molecule has 0 bridgehead atoms. The van der Waals surface area contributed by atoms with Crippen molar-refractivity contribution in [2.75, 3.05) is 18.0 Å². The van der Waals surface area contributed by atoms with Gasteiger partial charge in [0.1, 0.15) is 0 Å². The second kappa shape index (κ2) is 8.51. The summed E-state index contributed by atoms with van der Waals surface area (Å²) in [5.74, 6) is 0.833. The number of benzene rings is 1. The molecule has 2 heterocycles. The SMILES string of the molecule is O=C(NC1CCCCC1)c1cccc(-c2cnc(N3CCCCC3)nc2)c1. The molecule has 1 aromatic heterocycles. The van der Waals surface area contributed by atoms with Crippen LogP contribution in [0.3, 0.4) is 0 Å². The summed E-state index contributed by atoms with van der Waals surface area (Å²) < 4.78 is 0. The normalized spacial score (nSPS) is 18.3. The highest BCUT2D eigenvalue weighted by Crippen LogP contribution is 2.22. The first-order chi connectivity index (χ1) is 13.3. The quantitative estimate of drug-likeness (QED) is 0.883. The number of hydrogen-bond donors (Lipinski definition) is 1. The van der Waals surface area contributed by atoms with Crippen LogP contribution in [0.1, 0.15) is 61.7 Å². The lowest BCUT2D eigenvalue weighted by molar-refractivity contribution is 0.0928. The molecule has 1 saturated carbocycles. The van der Waals surface area contributed by atoms with Crippen LogP contribution >= 0.6 is 0 Å². The van der Waals surface area contributed by atoms with Crippen LogP contribution in [0.15, 0.2) is 36.7 Å². The highest BCUT2D eigenvalue weighted by Gasteiger charge is 2.17. The van der Waals surface area contributed by atoms with Gasteiger partial charge >= 0.3 is 0 Å². The van der Waals surface area contributed by atoms with Crippen molar-refractivity contribution in [2.45, 2.75) is 57.4 Å². The molecular weight excluding hydrogens is 336 g/mol. The van der Waals surface area contributed by atoms with Crippen molar-refractivity contribution in [3.05, 3.63) is 42.2 Å². The number of amides is 1. The summed E-state index contributed by atoms with van der Waals surface area (Å²) in [4.78, 5) is 24.0. The molecule has 1 aromatic carbocycles. The van der Waals surface area contributed by atoms with E-state index in [1.165, 1.54) is 38.5 Å². The van der Waals surface area contributed by atoms with E-state index in [1.807, 2.05) is 36.7 Å². The summed E-state index contributed by atoms with van der Waals surface area (Å²) in [5, 5.41) is 3.19. The lowest BCUT2D eigenvalue weighted by Gasteiger charge is -2.26. The average Bonchev–Trinajstić information content (AvgIpc) is 2.75. The molecule has 4 rings (SSSR count). The Bertz CT molecular complexity index is 762. The van der Waals surface area contributed by atoms with E-state index >= 15 is 0 Å². The molecule has 1 aliphatic heterocycles. The number of nitrogens with one attached hydrogen (secondary N) is 1. The van der Waals surface area contributed by atoms with E-state index in [9.17, 15) is 4.79 Å². The monoisotopic (exact) mass is 364 g/mol. The molecule has 5 heteroatoms. The molecule has 27 heavy (non-hydrogen) atoms. The van der Waals surface area contributed by atoms with E-state index in [2.05, 4.69) is 20.2 Å². The first kappa shape index (κ1) is 18.0. The molecular formula is C22H28N4O. The molecule has 1 saturated heterocycles. The lowest BCUT2D eigenvalue weighted by atomic mass is 9.95. The zero-order valence-corrected chi connectivity index (χ0v) is 15.9. The Kier molecular flexibility index (Phi) is 5.66. The number of aromatic nitrogens is 2. The van der Waals surface area contributed by atoms with E-state index in [0.717, 1.165) is 43.0 Å². The third-order valence-electron chi connectivity index (χ3n) is 5.68. The largest absolute Gasteiger partial charge is 0.349 e. The topological polar surface area (TPSA) is 58.1 Å². The molecule has 1 aliphatic carbocycles. The van der Waals surface area contributed by atoms with E-state index in [1.54, 1.807) is 0 Å². The predicted octanol–water partition coefficient (Wildman–Crippen LogP) is 4.20. The van der Waals surface area contributed by atoms with Gasteiger partial charge in [0.25, 0.3) is 5.91 Å². The summed E-state index contributed by atoms with van der Waals surface area (Å²) in [6.45, 7) is 2.08. The van der Waals surface area contributed by atoms with Gasteiger partial charge in [-0.1, -0.05) is 31.4 Å². The first-order valence-electron chi connectivity index (χ1n) is 10.3. The minimum Gasteiger partial charge on any atom is -0.349 e. The van der Waals surface area contributed by atoms with E-state index in [0.29, 0.717) is 11.6 Å². The molecule has 0 radical (unpaired) electrons. The molecule has 2 fully saturated rings. The fourth-order valence-electron chi connectivity index (χ4n) is 4.08. The van der Waals surface area contributed by atoms with Crippen molar-refractivity contribution in [1.29, 1.82) is 0 Å². The Hall–Kier alpha value is -2.43. The summed E-state index contributed by atoms with van der Waals surface area (Å²) in [6.07, 6.45) is 13.4. The van der Waals surface area contributed by atoms with Gasteiger partial charge in [0.2, 0.25) is 5.95 Å². The van der Waals surface area contributed by atoms with E-state index < -0.39 is 0 Å². The fourth-order valence-corrected chi connectivity index (χ4v) is 4.08. The zero-order valence-electron chi connectivity index (χ0n) is 15.9. The van der Waals surface area contributed by atoms with Crippen LogP contribution in [0.2, 0.25) is 0 Å². The third kappa shape index (κ3) is 4.46. The molecule has 0 atom stereocenters. The Balaban J connectivity index is 1.45. The summed E-state index contributed by atoms with van der Waals surface area (Å²) in [5.41, 5.74) is 2.64.